The van der Waals surface area contributed by atoms with Crippen LogP contribution in [-0.2, 0) is 52.9 Å². The fourth-order valence-corrected chi connectivity index (χ4v) is 12.1. The van der Waals surface area contributed by atoms with Crippen molar-refractivity contribution in [2.45, 2.75) is 178 Å². The monoisotopic (exact) mass is 907 g/mol. The molecule has 0 unspecified atom stereocenters. The number of allylic oxidation sites excluding steroid dienone is 2. The molecule has 0 aromatic heterocycles. The molecule has 3 N–H and O–H groups in total. The molecule has 4 bridgehead atoms. The Morgan fingerprint density at radius 2 is 1.27 bits per heavy atom. The minimum Gasteiger partial charge on any atom is -0.456 e. The third-order valence-corrected chi connectivity index (χ3v) is 15.1. The van der Waals surface area contributed by atoms with Gasteiger partial charge >= 0.3 is 12.4 Å². The highest BCUT2D eigenvalue weighted by atomic mass is 19.4. The molecule has 2 saturated carbocycles. The fraction of sp³-hybridized carbons (Fsp3) is 0.837. The van der Waals surface area contributed by atoms with E-state index in [9.17, 15) is 40.7 Å². The maximum atomic E-state index is 14.9. The van der Waals surface area contributed by atoms with Crippen molar-refractivity contribution < 1.29 is 79.2 Å². The van der Waals surface area contributed by atoms with Crippen molar-refractivity contribution in [1.82, 2.24) is 16.0 Å². The second-order valence-corrected chi connectivity index (χ2v) is 19.2. The molecular formula is C43H59F6N3O11. The summed E-state index contributed by atoms with van der Waals surface area (Å²) in [7, 11) is 0. The van der Waals surface area contributed by atoms with E-state index in [1.165, 1.54) is 0 Å². The topological polar surface area (TPSA) is 161 Å². The normalized spacial score (nSPS) is 39.8. The number of halogens is 6. The van der Waals surface area contributed by atoms with Crippen molar-refractivity contribution in [3.8, 4) is 0 Å². The lowest BCUT2D eigenvalue weighted by Crippen LogP contribution is -2.68. The zero-order valence-corrected chi connectivity index (χ0v) is 36.3. The smallest absolute Gasteiger partial charge is 0.449 e. The molecule has 6 saturated heterocycles. The van der Waals surface area contributed by atoms with E-state index in [0.29, 0.717) is 44.9 Å². The fourth-order valence-electron chi connectivity index (χ4n) is 12.1. The maximum Gasteiger partial charge on any atom is 0.449 e. The van der Waals surface area contributed by atoms with Gasteiger partial charge in [-0.2, -0.15) is 26.3 Å². The van der Waals surface area contributed by atoms with E-state index in [-0.39, 0.29) is 47.7 Å². The zero-order chi connectivity index (χ0) is 45.3. The number of fused-ring (bicyclic) bond motifs is 4. The largest absolute Gasteiger partial charge is 0.456 e. The molecule has 10 aliphatic rings. The minimum absolute atomic E-state index is 0.0202. The third-order valence-electron chi connectivity index (χ3n) is 15.1. The molecule has 20 heteroatoms. The lowest BCUT2D eigenvalue weighted by atomic mass is 9.59. The average molecular weight is 908 g/mol. The molecule has 8 heterocycles. The van der Waals surface area contributed by atoms with Gasteiger partial charge in [-0.1, -0.05) is 40.0 Å². The van der Waals surface area contributed by atoms with Gasteiger partial charge in [0.2, 0.25) is 53.4 Å². The number of unbranched alkanes of at least 4 members (excludes halogenated alkanes) is 3. The van der Waals surface area contributed by atoms with Crippen LogP contribution in [-0.4, -0.2) is 84.6 Å². The molecular weight excluding hydrogens is 848 g/mol. The summed E-state index contributed by atoms with van der Waals surface area (Å²) >= 11 is 0. The number of hydrogen-bond acceptors (Lipinski definition) is 11. The summed E-state index contributed by atoms with van der Waals surface area (Å²) in [4.78, 5) is 63.7. The molecule has 3 amide bonds. The van der Waals surface area contributed by atoms with Gasteiger partial charge in [0.1, 0.15) is 6.04 Å². The van der Waals surface area contributed by atoms with E-state index < -0.39 is 114 Å². The Bertz CT molecular complexity index is 1860. The lowest BCUT2D eigenvalue weighted by Gasteiger charge is -2.57. The quantitative estimate of drug-likeness (QED) is 0.0976. The number of carbonyl (C=O) groups excluding carboxylic acids is 3. The minimum atomic E-state index is -4.99. The van der Waals surface area contributed by atoms with Crippen molar-refractivity contribution >= 4 is 17.7 Å². The Kier molecular flexibility index (Phi) is 12.5. The second-order valence-electron chi connectivity index (χ2n) is 19.2. The van der Waals surface area contributed by atoms with Crippen LogP contribution in [0.3, 0.4) is 0 Å². The maximum absolute atomic E-state index is 14.9. The van der Waals surface area contributed by atoms with Crippen LogP contribution < -0.4 is 16.0 Å². The van der Waals surface area contributed by atoms with E-state index in [0.717, 1.165) is 32.6 Å². The molecule has 2 aliphatic carbocycles. The van der Waals surface area contributed by atoms with Gasteiger partial charge in [0.25, 0.3) is 0 Å². The summed E-state index contributed by atoms with van der Waals surface area (Å²) in [6.07, 6.45) is -6.17. The molecule has 63 heavy (non-hydrogen) atoms. The Hall–Kier alpha value is -3.17. The van der Waals surface area contributed by atoms with E-state index in [2.05, 4.69) is 22.9 Å². The number of rotatable bonds is 13. The van der Waals surface area contributed by atoms with Crippen LogP contribution in [0.1, 0.15) is 125 Å². The zero-order valence-electron chi connectivity index (χ0n) is 36.3. The number of carbonyl (C=O) groups is 3. The Morgan fingerprint density at radius 1 is 0.714 bits per heavy atom. The van der Waals surface area contributed by atoms with Gasteiger partial charge in [0.15, 0.2) is 11.2 Å². The number of alkyl halides is 6. The third kappa shape index (κ3) is 8.24. The molecule has 0 aromatic rings. The predicted molar refractivity (Wildman–Crippen MR) is 205 cm³/mol. The van der Waals surface area contributed by atoms with E-state index >= 15 is 0 Å². The highest BCUT2D eigenvalue weighted by molar-refractivity contribution is 5.91. The van der Waals surface area contributed by atoms with Crippen LogP contribution in [0.5, 0.6) is 0 Å². The van der Waals surface area contributed by atoms with Gasteiger partial charge in [-0.05, 0) is 63.7 Å². The summed E-state index contributed by atoms with van der Waals surface area (Å²) in [6.45, 7) is 7.38. The van der Waals surface area contributed by atoms with Gasteiger partial charge < -0.3 is 34.9 Å². The molecule has 2 spiro atoms. The van der Waals surface area contributed by atoms with Crippen molar-refractivity contribution in [3.05, 3.63) is 22.7 Å². The molecule has 8 aliphatic heterocycles. The van der Waals surface area contributed by atoms with Gasteiger partial charge in [-0.25, -0.2) is 19.6 Å². The van der Waals surface area contributed by atoms with Crippen LogP contribution in [0.2, 0.25) is 0 Å². The van der Waals surface area contributed by atoms with Gasteiger partial charge in [0, 0.05) is 74.1 Å². The summed E-state index contributed by atoms with van der Waals surface area (Å²) in [6, 6.07) is -1.62. The van der Waals surface area contributed by atoms with E-state index in [4.69, 9.17) is 38.5 Å². The van der Waals surface area contributed by atoms with Crippen molar-refractivity contribution in [1.29, 1.82) is 0 Å². The number of hydrogen-bond donors (Lipinski definition) is 3. The van der Waals surface area contributed by atoms with E-state index in [1.54, 1.807) is 6.92 Å². The molecule has 354 valence electrons. The van der Waals surface area contributed by atoms with Crippen LogP contribution in [0, 0.1) is 35.5 Å². The molecule has 0 aromatic carbocycles. The number of nitrogens with one attached hydrogen (secondary N) is 3. The van der Waals surface area contributed by atoms with Crippen LogP contribution in [0.15, 0.2) is 22.7 Å². The van der Waals surface area contributed by atoms with Crippen LogP contribution in [0.4, 0.5) is 26.3 Å². The van der Waals surface area contributed by atoms with Crippen LogP contribution in [0.25, 0.3) is 0 Å². The molecule has 13 atom stereocenters. The average Bonchev–Trinajstić information content (AvgIpc) is 3.60. The first kappa shape index (κ1) is 46.4. The van der Waals surface area contributed by atoms with Crippen molar-refractivity contribution in [3.63, 3.8) is 0 Å². The lowest BCUT2D eigenvalue weighted by molar-refractivity contribution is -0.562. The Morgan fingerprint density at radius 3 is 1.84 bits per heavy atom. The highest BCUT2D eigenvalue weighted by Crippen LogP contribution is 2.63. The van der Waals surface area contributed by atoms with Gasteiger partial charge in [-0.3, -0.25) is 14.4 Å². The molecule has 0 radical (unpaired) electrons. The molecule has 10 rings (SSSR count). The van der Waals surface area contributed by atoms with Crippen LogP contribution >= 0.6 is 0 Å². The number of ether oxygens (including phenoxy) is 4. The second kappa shape index (κ2) is 16.9. The Labute approximate surface area is 362 Å². The molecule has 8 fully saturated rings. The Balaban J connectivity index is 1.000. The standard InChI is InChI=1S/C43H59F6N3O11/c1-6-7-8-9-16-39-18-15-28-23(3)11-12-29-25(33(42(44,45)46)57-37(59-39)41(28,29)63-61-39)20-50-32(54)19-31(52-24(4)53)35(55)51-21-26-30-13-10-22(2)27-14-17-38(5)58-36(40(27,30)62-60-38)56-34(26)43(47,48)49/h22-23,27-31,36-37H,6-21H2,1-5H3,(H,50,54)(H,51,55)(H,52,53)/t22-,23-,27+,28+,29+,30+,31+,36-,37-,38-,39-,40-,41-/m1/s1. The highest BCUT2D eigenvalue weighted by Gasteiger charge is 2.72. The predicted octanol–water partition coefficient (Wildman–Crippen LogP) is 7.19. The van der Waals surface area contributed by atoms with Gasteiger partial charge in [-0.15, -0.1) is 0 Å². The van der Waals surface area contributed by atoms with Gasteiger partial charge in [0.05, 0.1) is 6.42 Å². The first-order chi connectivity index (χ1) is 29.7. The number of amides is 3. The first-order valence-electron chi connectivity index (χ1n) is 22.5. The summed E-state index contributed by atoms with van der Waals surface area (Å²) in [5.74, 6) is -10.3. The van der Waals surface area contributed by atoms with Crippen molar-refractivity contribution in [2.24, 2.45) is 35.5 Å². The summed E-state index contributed by atoms with van der Waals surface area (Å²) in [5, 5.41) is 7.31. The first-order valence-corrected chi connectivity index (χ1v) is 22.5. The summed E-state index contributed by atoms with van der Waals surface area (Å²) in [5.41, 5.74) is -3.46. The summed E-state index contributed by atoms with van der Waals surface area (Å²) < 4.78 is 113. The SMILES string of the molecule is CCCCCC[C@@]12CC[C@H]3[C@H](C)CC[C@H]4C(CNC(=O)C[C@H](NC(C)=O)C(=O)NCC5=C(C(F)(F)F)O[C@@H]6O[C@@]7(C)CC[C@H]8[C@H](C)CC[C@@H]5[C@@]68OO7)=C(C(F)(F)F)O[C@H](O1)[C@]43OO2. The van der Waals surface area contributed by atoms with E-state index in [1.807, 2.05) is 13.8 Å². The van der Waals surface area contributed by atoms with Crippen molar-refractivity contribution in [2.75, 3.05) is 13.1 Å². The molecule has 14 nitrogen and oxygen atoms in total.